The van der Waals surface area contributed by atoms with E-state index in [-0.39, 0.29) is 17.7 Å². The van der Waals surface area contributed by atoms with Crippen molar-refractivity contribution in [3.05, 3.63) is 119 Å². The molecule has 0 aliphatic carbocycles. The first-order valence-corrected chi connectivity index (χ1v) is 13.0. The van der Waals surface area contributed by atoms with Gasteiger partial charge in [0.15, 0.2) is 0 Å². The van der Waals surface area contributed by atoms with E-state index in [0.29, 0.717) is 18.7 Å². The first kappa shape index (κ1) is 23.3. The van der Waals surface area contributed by atoms with Crippen LogP contribution in [0, 0.1) is 0 Å². The van der Waals surface area contributed by atoms with Crippen molar-refractivity contribution in [2.45, 2.75) is 25.7 Å². The Labute approximate surface area is 224 Å². The highest BCUT2D eigenvalue weighted by Crippen LogP contribution is 2.38. The van der Waals surface area contributed by atoms with Crippen LogP contribution in [0.2, 0.25) is 0 Å². The molecule has 0 spiro atoms. The lowest BCUT2D eigenvalue weighted by Crippen LogP contribution is -2.22. The topological polar surface area (TPSA) is 99.9 Å². The number of phenolic OH excluding ortho intramolecular Hbond substituents is 1. The van der Waals surface area contributed by atoms with E-state index in [9.17, 15) is 9.90 Å². The van der Waals surface area contributed by atoms with Crippen LogP contribution >= 0.6 is 0 Å². The summed E-state index contributed by atoms with van der Waals surface area (Å²) in [6.45, 7) is 2.01. The first-order chi connectivity index (χ1) is 19.0. The van der Waals surface area contributed by atoms with Gasteiger partial charge in [0.05, 0.1) is 24.6 Å². The number of rotatable bonds is 7. The molecule has 1 amide bonds. The molecule has 4 N–H and O–H groups in total. The van der Waals surface area contributed by atoms with E-state index < -0.39 is 0 Å². The van der Waals surface area contributed by atoms with Gasteiger partial charge in [0.2, 0.25) is 0 Å². The summed E-state index contributed by atoms with van der Waals surface area (Å²) in [6, 6.07) is 21.4. The third-order valence-corrected chi connectivity index (χ3v) is 7.54. The maximum Gasteiger partial charge on any atom is 0.252 e. The second-order valence-corrected chi connectivity index (χ2v) is 10.2. The highest BCUT2D eigenvalue weighted by atomic mass is 16.3. The Bertz CT molecular complexity index is 1860. The second-order valence-electron chi connectivity index (χ2n) is 10.2. The quantitative estimate of drug-likeness (QED) is 0.246. The summed E-state index contributed by atoms with van der Waals surface area (Å²) >= 11 is 0. The van der Waals surface area contributed by atoms with Crippen LogP contribution in [0.1, 0.15) is 44.5 Å². The third kappa shape index (κ3) is 4.15. The molecule has 0 bridgehead atoms. The fourth-order valence-electron chi connectivity index (χ4n) is 5.73. The van der Waals surface area contributed by atoms with Crippen LogP contribution in [0.5, 0.6) is 5.75 Å². The number of aromatic amines is 1. The SMILES string of the molecule is Cn1cnc(Cn2ccc3ccc(CNCc4[nH]c5ccccc5c4C4NC(=O)c5ccc(O)cc54)cc32)c1. The van der Waals surface area contributed by atoms with Crippen LogP contribution in [0.3, 0.4) is 0 Å². The molecule has 39 heavy (non-hydrogen) atoms. The summed E-state index contributed by atoms with van der Waals surface area (Å²) in [5, 5.41) is 19.1. The Balaban J connectivity index is 1.15. The molecule has 1 aliphatic heterocycles. The van der Waals surface area contributed by atoms with Crippen LogP contribution < -0.4 is 10.6 Å². The number of imidazole rings is 1. The summed E-state index contributed by atoms with van der Waals surface area (Å²) in [5.41, 5.74) is 7.84. The predicted octanol–water partition coefficient (Wildman–Crippen LogP) is 4.73. The maximum absolute atomic E-state index is 12.7. The van der Waals surface area contributed by atoms with Crippen LogP contribution in [-0.2, 0) is 26.7 Å². The van der Waals surface area contributed by atoms with Gasteiger partial charge in [-0.2, -0.15) is 0 Å². The number of fused-ring (bicyclic) bond motifs is 3. The zero-order valence-electron chi connectivity index (χ0n) is 21.5. The van der Waals surface area contributed by atoms with Gasteiger partial charge in [-0.25, -0.2) is 4.98 Å². The van der Waals surface area contributed by atoms with Crippen molar-refractivity contribution < 1.29 is 9.90 Å². The number of aromatic nitrogens is 4. The number of hydrogen-bond donors (Lipinski definition) is 4. The van der Waals surface area contributed by atoms with Crippen molar-refractivity contribution in [1.29, 1.82) is 0 Å². The molecule has 0 fully saturated rings. The van der Waals surface area contributed by atoms with Crippen molar-refractivity contribution >= 4 is 27.7 Å². The summed E-state index contributed by atoms with van der Waals surface area (Å²) in [4.78, 5) is 20.8. The van der Waals surface area contributed by atoms with Crippen LogP contribution in [0.4, 0.5) is 0 Å². The number of aryl methyl sites for hydroxylation is 1. The molecule has 4 heterocycles. The highest BCUT2D eigenvalue weighted by Gasteiger charge is 2.33. The van der Waals surface area contributed by atoms with Crippen molar-refractivity contribution in [1.82, 2.24) is 29.7 Å². The average Bonchev–Trinajstić information content (AvgIpc) is 3.69. The molecule has 194 valence electrons. The zero-order valence-corrected chi connectivity index (χ0v) is 21.5. The number of aromatic hydroxyl groups is 1. The summed E-state index contributed by atoms with van der Waals surface area (Å²) in [7, 11) is 1.98. The molecule has 3 aromatic carbocycles. The Kier molecular flexibility index (Phi) is 5.49. The van der Waals surface area contributed by atoms with Crippen molar-refractivity contribution in [3.8, 4) is 5.75 Å². The van der Waals surface area contributed by atoms with Crippen LogP contribution in [0.25, 0.3) is 21.8 Å². The Morgan fingerprint density at radius 2 is 1.95 bits per heavy atom. The molecule has 1 aliphatic rings. The molecule has 1 unspecified atom stereocenters. The van der Waals surface area contributed by atoms with E-state index in [1.807, 2.05) is 42.3 Å². The van der Waals surface area contributed by atoms with E-state index >= 15 is 0 Å². The van der Waals surface area contributed by atoms with Crippen molar-refractivity contribution in [2.75, 3.05) is 0 Å². The Morgan fingerprint density at radius 1 is 1.05 bits per heavy atom. The molecule has 7 rings (SSSR count). The Hall–Kier alpha value is -4.82. The van der Waals surface area contributed by atoms with Gasteiger partial charge < -0.3 is 29.9 Å². The number of nitrogens with zero attached hydrogens (tertiary/aromatic N) is 3. The fourth-order valence-corrected chi connectivity index (χ4v) is 5.73. The molecule has 1 atom stereocenters. The number of nitrogens with one attached hydrogen (secondary N) is 3. The molecule has 8 heteroatoms. The van der Waals surface area contributed by atoms with Gasteiger partial charge in [-0.15, -0.1) is 0 Å². The van der Waals surface area contributed by atoms with E-state index in [4.69, 9.17) is 0 Å². The normalized spacial score (nSPS) is 14.8. The van der Waals surface area contributed by atoms with Gasteiger partial charge in [0.1, 0.15) is 5.75 Å². The molecule has 3 aromatic heterocycles. The number of carbonyl (C=O) groups is 1. The Morgan fingerprint density at radius 3 is 2.82 bits per heavy atom. The minimum Gasteiger partial charge on any atom is -0.508 e. The van der Waals surface area contributed by atoms with Crippen LogP contribution in [-0.4, -0.2) is 30.1 Å². The average molecular weight is 517 g/mol. The molecule has 0 radical (unpaired) electrons. The van der Waals surface area contributed by atoms with E-state index in [0.717, 1.165) is 40.0 Å². The van der Waals surface area contributed by atoms with Gasteiger partial charge in [-0.3, -0.25) is 4.79 Å². The summed E-state index contributed by atoms with van der Waals surface area (Å²) in [5.74, 6) is 0.0270. The van der Waals surface area contributed by atoms with Gasteiger partial charge in [0.25, 0.3) is 5.91 Å². The number of H-pyrrole nitrogens is 1. The zero-order chi connectivity index (χ0) is 26.5. The number of hydrogen-bond acceptors (Lipinski definition) is 4. The smallest absolute Gasteiger partial charge is 0.252 e. The lowest BCUT2D eigenvalue weighted by Gasteiger charge is -2.15. The number of carbonyl (C=O) groups excluding carboxylic acids is 1. The first-order valence-electron chi connectivity index (χ1n) is 13.0. The third-order valence-electron chi connectivity index (χ3n) is 7.54. The summed E-state index contributed by atoms with van der Waals surface area (Å²) < 4.78 is 4.19. The number of amides is 1. The molecule has 6 aromatic rings. The van der Waals surface area contributed by atoms with E-state index in [2.05, 4.69) is 61.7 Å². The van der Waals surface area contributed by atoms with Crippen LogP contribution in [0.15, 0.2) is 85.5 Å². The number of phenols is 1. The predicted molar refractivity (Wildman–Crippen MR) is 151 cm³/mol. The van der Waals surface area contributed by atoms with Gasteiger partial charge >= 0.3 is 0 Å². The van der Waals surface area contributed by atoms with Gasteiger partial charge in [-0.1, -0.05) is 30.3 Å². The minimum absolute atomic E-state index is 0.124. The molecule has 0 saturated heterocycles. The second kappa shape index (κ2) is 9.18. The number of benzene rings is 3. The largest absolute Gasteiger partial charge is 0.508 e. The van der Waals surface area contributed by atoms with Gasteiger partial charge in [0, 0.05) is 65.8 Å². The fraction of sp³-hybridized carbons (Fsp3) is 0.161. The monoisotopic (exact) mass is 516 g/mol. The minimum atomic E-state index is -0.334. The lowest BCUT2D eigenvalue weighted by atomic mass is 9.95. The standard InChI is InChI=1S/C31H28N6O2/c1-36-16-21(33-18-36)17-37-11-10-20-7-6-19(12-28(20)37)14-32-15-27-29(24-4-2-3-5-26(24)34-27)30-25-13-22(38)8-9-23(25)31(39)35-30/h2-13,16,18,30,32,34,38H,14-15,17H2,1H3,(H,35,39). The summed E-state index contributed by atoms with van der Waals surface area (Å²) in [6.07, 6.45) is 5.98. The van der Waals surface area contributed by atoms with E-state index in [1.165, 1.54) is 16.5 Å². The number of para-hydroxylation sites is 1. The van der Waals surface area contributed by atoms with E-state index in [1.54, 1.807) is 18.2 Å². The lowest BCUT2D eigenvalue weighted by molar-refractivity contribution is 0.0960. The highest BCUT2D eigenvalue weighted by molar-refractivity contribution is 6.01. The van der Waals surface area contributed by atoms with Crippen molar-refractivity contribution in [2.24, 2.45) is 7.05 Å². The maximum atomic E-state index is 12.7. The molecule has 8 nitrogen and oxygen atoms in total. The van der Waals surface area contributed by atoms with Gasteiger partial charge in [-0.05, 0) is 52.9 Å². The molecular formula is C31H28N6O2. The molecule has 0 saturated carbocycles. The van der Waals surface area contributed by atoms with Crippen molar-refractivity contribution in [3.63, 3.8) is 0 Å². The molecular weight excluding hydrogens is 488 g/mol.